The van der Waals surface area contributed by atoms with Crippen LogP contribution < -0.4 is 30.2 Å². The molecule has 9 nitrogen and oxygen atoms in total. The van der Waals surface area contributed by atoms with E-state index in [1.165, 1.54) is 39.2 Å². The first kappa shape index (κ1) is 34.9. The number of benzene rings is 4. The first-order valence-corrected chi connectivity index (χ1v) is 15.9. The Kier molecular flexibility index (Phi) is 12.3. The molecule has 4 aromatic carbocycles. The summed E-state index contributed by atoms with van der Waals surface area (Å²) in [5.41, 5.74) is 2.81. The van der Waals surface area contributed by atoms with Crippen LogP contribution in [0.2, 0.25) is 5.02 Å². The molecule has 0 heterocycles. The van der Waals surface area contributed by atoms with Gasteiger partial charge in [0.05, 0.1) is 26.6 Å². The smallest absolute Gasteiger partial charge is 0.272 e. The fourth-order valence-corrected chi connectivity index (χ4v) is 5.77. The molecule has 0 saturated carbocycles. The van der Waals surface area contributed by atoms with Crippen LogP contribution in [0.25, 0.3) is 6.08 Å². The molecule has 11 heteroatoms. The van der Waals surface area contributed by atoms with Crippen LogP contribution >= 0.6 is 23.4 Å². The van der Waals surface area contributed by atoms with E-state index < -0.39 is 17.1 Å². The second-order valence-corrected chi connectivity index (χ2v) is 11.9. The van der Waals surface area contributed by atoms with Crippen LogP contribution in [0.15, 0.2) is 95.5 Å². The lowest BCUT2D eigenvalue weighted by Crippen LogP contribution is -2.30. The van der Waals surface area contributed by atoms with E-state index in [0.29, 0.717) is 51.2 Å². The summed E-state index contributed by atoms with van der Waals surface area (Å²) >= 11 is 7.61. The van der Waals surface area contributed by atoms with Crippen LogP contribution in [0.1, 0.15) is 34.8 Å². The van der Waals surface area contributed by atoms with Gasteiger partial charge >= 0.3 is 0 Å². The summed E-state index contributed by atoms with van der Waals surface area (Å²) in [7, 11) is 4.48. The molecule has 0 aromatic heterocycles. The molecule has 0 aliphatic carbocycles. The third-order valence-electron chi connectivity index (χ3n) is 7.09. The molecule has 0 aliphatic rings. The van der Waals surface area contributed by atoms with Gasteiger partial charge in [0.15, 0.2) is 11.5 Å². The fraction of sp³-hybridized carbons (Fsp3) is 0.194. The quantitative estimate of drug-likeness (QED) is 0.0989. The number of hydrogen-bond donors (Lipinski definition) is 3. The Morgan fingerprint density at radius 2 is 1.53 bits per heavy atom. The van der Waals surface area contributed by atoms with E-state index in [4.69, 9.17) is 25.8 Å². The monoisotopic (exact) mass is 673 g/mol. The Morgan fingerprint density at radius 3 is 2.17 bits per heavy atom. The number of hydrogen-bond acceptors (Lipinski definition) is 7. The lowest BCUT2D eigenvalue weighted by atomic mass is 10.1. The van der Waals surface area contributed by atoms with Crippen LogP contribution in [-0.2, 0) is 9.59 Å². The highest BCUT2D eigenvalue weighted by molar-refractivity contribution is 8.00. The molecule has 4 aromatic rings. The minimum absolute atomic E-state index is 0.0195. The van der Waals surface area contributed by atoms with Crippen molar-refractivity contribution in [2.45, 2.75) is 30.4 Å². The maximum absolute atomic E-state index is 13.7. The summed E-state index contributed by atoms with van der Waals surface area (Å²) in [5.74, 6) is -0.0186. The number of thioether (sulfide) groups is 1. The van der Waals surface area contributed by atoms with Gasteiger partial charge in [-0.05, 0) is 85.1 Å². The van der Waals surface area contributed by atoms with Crippen molar-refractivity contribution in [3.8, 4) is 17.2 Å². The van der Waals surface area contributed by atoms with Gasteiger partial charge < -0.3 is 30.2 Å². The maximum Gasteiger partial charge on any atom is 0.272 e. The van der Waals surface area contributed by atoms with Gasteiger partial charge in [-0.15, -0.1) is 11.8 Å². The summed E-state index contributed by atoms with van der Waals surface area (Å²) < 4.78 is 16.3. The van der Waals surface area contributed by atoms with Crippen molar-refractivity contribution >= 4 is 58.5 Å². The Labute approximate surface area is 283 Å². The highest BCUT2D eigenvalue weighted by Gasteiger charge is 2.21. The zero-order valence-electron chi connectivity index (χ0n) is 26.7. The number of amides is 3. The molecular weight excluding hydrogens is 638 g/mol. The number of halogens is 1. The molecular formula is C36H36ClN3O6S. The average Bonchev–Trinajstić information content (AvgIpc) is 3.08. The predicted molar refractivity (Wildman–Crippen MR) is 188 cm³/mol. The molecule has 0 bridgehead atoms. The highest BCUT2D eigenvalue weighted by Crippen LogP contribution is 2.39. The second-order valence-electron chi connectivity index (χ2n) is 10.2. The topological polar surface area (TPSA) is 115 Å². The normalized spacial score (nSPS) is 11.7. The number of rotatable bonds is 13. The third kappa shape index (κ3) is 9.08. The average molecular weight is 674 g/mol. The van der Waals surface area contributed by atoms with Crippen molar-refractivity contribution < 1.29 is 28.6 Å². The van der Waals surface area contributed by atoms with Crippen LogP contribution in [0, 0.1) is 6.92 Å². The van der Waals surface area contributed by atoms with Gasteiger partial charge in [-0.25, -0.2) is 0 Å². The van der Waals surface area contributed by atoms with E-state index in [1.807, 2.05) is 26.0 Å². The molecule has 244 valence electrons. The standard InChI is InChI=1S/C36H36ClN3O6S/c1-6-32(36(43)39-28-17-11-16-27(37)22(28)2)47-26-15-10-14-25(21-26)38-35(42)29(40-34(41)24-12-8-7-9-13-24)18-23-19-30(44-3)33(46-5)31(20-23)45-4/h7-21,32H,6H2,1-5H3,(H,38,42)(H,39,43)(H,40,41)/b29-18+. The number of ether oxygens (including phenoxy) is 3. The first-order chi connectivity index (χ1) is 22.7. The van der Waals surface area contributed by atoms with Gasteiger partial charge in [-0.2, -0.15) is 0 Å². The summed E-state index contributed by atoms with van der Waals surface area (Å²) in [6.45, 7) is 3.79. The van der Waals surface area contributed by atoms with Crippen molar-refractivity contribution in [1.82, 2.24) is 5.32 Å². The Bertz CT molecular complexity index is 1760. The van der Waals surface area contributed by atoms with Crippen LogP contribution in [0.3, 0.4) is 0 Å². The molecule has 1 atom stereocenters. The molecule has 4 rings (SSSR count). The Balaban J connectivity index is 1.59. The zero-order chi connectivity index (χ0) is 33.9. The minimum atomic E-state index is -0.564. The van der Waals surface area contributed by atoms with Gasteiger partial charge in [-0.1, -0.05) is 48.9 Å². The van der Waals surface area contributed by atoms with E-state index in [2.05, 4.69) is 16.0 Å². The molecule has 0 saturated heterocycles. The SMILES string of the molecule is CCC(Sc1cccc(NC(=O)/C(=C\c2cc(OC)c(OC)c(OC)c2)NC(=O)c2ccccc2)c1)C(=O)Nc1cccc(Cl)c1C. The van der Waals surface area contributed by atoms with Gasteiger partial charge in [0.2, 0.25) is 11.7 Å². The number of anilines is 2. The van der Waals surface area contributed by atoms with Crippen molar-refractivity contribution in [3.05, 3.63) is 112 Å². The van der Waals surface area contributed by atoms with E-state index in [-0.39, 0.29) is 11.6 Å². The summed E-state index contributed by atoms with van der Waals surface area (Å²) in [4.78, 5) is 40.8. The van der Waals surface area contributed by atoms with Crippen LogP contribution in [-0.4, -0.2) is 44.3 Å². The molecule has 47 heavy (non-hydrogen) atoms. The molecule has 3 N–H and O–H groups in total. The molecule has 0 spiro atoms. The minimum Gasteiger partial charge on any atom is -0.493 e. The first-order valence-electron chi connectivity index (χ1n) is 14.7. The van der Waals surface area contributed by atoms with E-state index in [1.54, 1.807) is 72.8 Å². The Hall–Kier alpha value is -4.93. The molecule has 1 unspecified atom stereocenters. The van der Waals surface area contributed by atoms with E-state index in [9.17, 15) is 14.4 Å². The second kappa shape index (κ2) is 16.6. The van der Waals surface area contributed by atoms with Gasteiger partial charge in [0.25, 0.3) is 11.8 Å². The van der Waals surface area contributed by atoms with Crippen LogP contribution in [0.5, 0.6) is 17.2 Å². The van der Waals surface area contributed by atoms with Gasteiger partial charge in [0.1, 0.15) is 5.70 Å². The number of methoxy groups -OCH3 is 3. The molecule has 0 aliphatic heterocycles. The maximum atomic E-state index is 13.7. The fourth-order valence-electron chi connectivity index (χ4n) is 4.58. The van der Waals surface area contributed by atoms with Crippen molar-refractivity contribution in [2.75, 3.05) is 32.0 Å². The Morgan fingerprint density at radius 1 is 0.851 bits per heavy atom. The molecule has 0 radical (unpaired) electrons. The molecule has 0 fully saturated rings. The van der Waals surface area contributed by atoms with Gasteiger partial charge in [-0.3, -0.25) is 14.4 Å². The summed E-state index contributed by atoms with van der Waals surface area (Å²) in [6, 6.07) is 24.4. The van der Waals surface area contributed by atoms with E-state index in [0.717, 1.165) is 10.5 Å². The predicted octanol–water partition coefficient (Wildman–Crippen LogP) is 7.59. The zero-order valence-corrected chi connectivity index (χ0v) is 28.3. The number of carbonyl (C=O) groups is 3. The van der Waals surface area contributed by atoms with Crippen molar-refractivity contribution in [1.29, 1.82) is 0 Å². The van der Waals surface area contributed by atoms with Crippen LogP contribution in [0.4, 0.5) is 11.4 Å². The summed E-state index contributed by atoms with van der Waals surface area (Å²) in [5, 5.41) is 8.76. The lowest BCUT2D eigenvalue weighted by molar-refractivity contribution is -0.116. The molecule has 3 amide bonds. The van der Waals surface area contributed by atoms with E-state index >= 15 is 0 Å². The van der Waals surface area contributed by atoms with Crippen molar-refractivity contribution in [3.63, 3.8) is 0 Å². The van der Waals surface area contributed by atoms with Crippen molar-refractivity contribution in [2.24, 2.45) is 0 Å². The third-order valence-corrected chi connectivity index (χ3v) is 8.85. The lowest BCUT2D eigenvalue weighted by Gasteiger charge is -2.17. The highest BCUT2D eigenvalue weighted by atomic mass is 35.5. The largest absolute Gasteiger partial charge is 0.493 e. The number of nitrogens with one attached hydrogen (secondary N) is 3. The number of carbonyl (C=O) groups excluding carboxylic acids is 3. The van der Waals surface area contributed by atoms with Gasteiger partial charge in [0, 0.05) is 26.9 Å². The summed E-state index contributed by atoms with van der Waals surface area (Å²) in [6.07, 6.45) is 2.09.